The maximum Gasteiger partial charge on any atom is 0.253 e. The normalized spacial score (nSPS) is 14.5. The number of aromatic nitrogens is 3. The van der Waals surface area contributed by atoms with Crippen molar-refractivity contribution in [2.24, 2.45) is 0 Å². The third kappa shape index (κ3) is 2.49. The van der Waals surface area contributed by atoms with E-state index in [9.17, 15) is 4.79 Å². The van der Waals surface area contributed by atoms with Gasteiger partial charge in [-0.15, -0.1) is 0 Å². The number of carbonyl (C=O) groups excluding carboxylic acids is 1. The average Bonchev–Trinajstić information content (AvgIpc) is 3.30. The molecule has 5 heteroatoms. The van der Waals surface area contributed by atoms with Crippen LogP contribution in [0.5, 0.6) is 0 Å². The standard InChI is InChI=1S/C21H18N4O/c26-21(15-7-9-17(10-8-15)24-11-3-4-12-24)25-13-16(14-25)20-22-18-5-1-2-6-19(18)23-20/h1-12,16H,13-14H2,(H,22,23). The van der Waals surface area contributed by atoms with E-state index in [0.717, 1.165) is 28.1 Å². The number of hydrogen-bond acceptors (Lipinski definition) is 2. The number of hydrogen-bond donors (Lipinski definition) is 1. The van der Waals surface area contributed by atoms with Gasteiger partial charge in [-0.1, -0.05) is 12.1 Å². The first-order valence-corrected chi connectivity index (χ1v) is 8.75. The Morgan fingerprint density at radius 3 is 2.42 bits per heavy atom. The van der Waals surface area contributed by atoms with Crippen LogP contribution in [0.1, 0.15) is 22.1 Å². The number of benzene rings is 2. The molecule has 0 atom stereocenters. The van der Waals surface area contributed by atoms with E-state index in [4.69, 9.17) is 0 Å². The van der Waals surface area contributed by atoms with E-state index in [1.54, 1.807) is 0 Å². The van der Waals surface area contributed by atoms with Crippen LogP contribution in [0.4, 0.5) is 0 Å². The number of nitrogens with one attached hydrogen (secondary N) is 1. The lowest BCUT2D eigenvalue weighted by atomic mass is 9.98. The molecule has 0 unspecified atom stereocenters. The van der Waals surface area contributed by atoms with Crippen molar-refractivity contribution in [2.45, 2.75) is 5.92 Å². The van der Waals surface area contributed by atoms with Gasteiger partial charge in [-0.3, -0.25) is 4.79 Å². The first kappa shape index (κ1) is 15.0. The molecule has 1 fully saturated rings. The van der Waals surface area contributed by atoms with Gasteiger partial charge >= 0.3 is 0 Å². The van der Waals surface area contributed by atoms with Crippen molar-refractivity contribution in [1.82, 2.24) is 19.4 Å². The monoisotopic (exact) mass is 342 g/mol. The molecule has 0 saturated carbocycles. The highest BCUT2D eigenvalue weighted by molar-refractivity contribution is 5.95. The van der Waals surface area contributed by atoms with Gasteiger partial charge in [-0.25, -0.2) is 4.98 Å². The fourth-order valence-corrected chi connectivity index (χ4v) is 3.45. The third-order valence-electron chi connectivity index (χ3n) is 4.98. The van der Waals surface area contributed by atoms with Gasteiger partial charge in [0.05, 0.1) is 17.0 Å². The summed E-state index contributed by atoms with van der Waals surface area (Å²) in [5.74, 6) is 1.33. The predicted molar refractivity (Wildman–Crippen MR) is 101 cm³/mol. The Bertz CT molecular complexity index is 1020. The molecule has 0 spiro atoms. The summed E-state index contributed by atoms with van der Waals surface area (Å²) in [6.45, 7) is 1.41. The second-order valence-electron chi connectivity index (χ2n) is 6.68. The zero-order chi connectivity index (χ0) is 17.5. The number of rotatable bonds is 3. The Balaban J connectivity index is 1.27. The van der Waals surface area contributed by atoms with Crippen LogP contribution in [-0.2, 0) is 0 Å². The first-order chi connectivity index (χ1) is 12.8. The Morgan fingerprint density at radius 2 is 1.69 bits per heavy atom. The number of fused-ring (bicyclic) bond motifs is 1. The fraction of sp³-hybridized carbons (Fsp3) is 0.143. The van der Waals surface area contributed by atoms with Crippen molar-refractivity contribution in [3.05, 3.63) is 84.4 Å². The van der Waals surface area contributed by atoms with Crippen LogP contribution in [0, 0.1) is 0 Å². The maximum atomic E-state index is 12.7. The molecule has 1 saturated heterocycles. The summed E-state index contributed by atoms with van der Waals surface area (Å²) in [6, 6.07) is 19.7. The lowest BCUT2D eigenvalue weighted by molar-refractivity contribution is 0.0596. The van der Waals surface area contributed by atoms with E-state index in [2.05, 4.69) is 9.97 Å². The van der Waals surface area contributed by atoms with Crippen molar-refractivity contribution in [3.8, 4) is 5.69 Å². The highest BCUT2D eigenvalue weighted by Gasteiger charge is 2.34. The SMILES string of the molecule is O=C(c1ccc(-n2cccc2)cc1)N1CC(c2nc3ccccc3[nH]2)C1. The van der Waals surface area contributed by atoms with E-state index in [1.165, 1.54) is 0 Å². The van der Waals surface area contributed by atoms with Gasteiger partial charge in [0.25, 0.3) is 5.91 Å². The number of nitrogens with zero attached hydrogens (tertiary/aromatic N) is 3. The van der Waals surface area contributed by atoms with Gasteiger partial charge in [-0.05, 0) is 48.5 Å². The molecule has 0 radical (unpaired) electrons. The Morgan fingerprint density at radius 1 is 0.962 bits per heavy atom. The molecule has 5 rings (SSSR count). The van der Waals surface area contributed by atoms with Gasteiger partial charge < -0.3 is 14.5 Å². The largest absolute Gasteiger partial charge is 0.342 e. The smallest absolute Gasteiger partial charge is 0.253 e. The average molecular weight is 342 g/mol. The summed E-state index contributed by atoms with van der Waals surface area (Å²) in [5.41, 5.74) is 3.81. The van der Waals surface area contributed by atoms with E-state index in [-0.39, 0.29) is 11.8 Å². The molecule has 26 heavy (non-hydrogen) atoms. The molecule has 1 aliphatic heterocycles. The molecule has 0 aliphatic carbocycles. The molecule has 3 heterocycles. The van der Waals surface area contributed by atoms with Gasteiger partial charge in [0.1, 0.15) is 5.82 Å². The van der Waals surface area contributed by atoms with Crippen LogP contribution in [0.3, 0.4) is 0 Å². The van der Waals surface area contributed by atoms with Crippen LogP contribution < -0.4 is 0 Å². The molecule has 1 amide bonds. The summed E-state index contributed by atoms with van der Waals surface area (Å²) >= 11 is 0. The molecule has 4 aromatic rings. The number of carbonyl (C=O) groups is 1. The number of H-pyrrole nitrogens is 1. The van der Waals surface area contributed by atoms with Crippen molar-refractivity contribution in [3.63, 3.8) is 0 Å². The second-order valence-corrected chi connectivity index (χ2v) is 6.68. The van der Waals surface area contributed by atoms with Crippen molar-refractivity contribution in [1.29, 1.82) is 0 Å². The molecule has 2 aromatic heterocycles. The highest BCUT2D eigenvalue weighted by Crippen LogP contribution is 2.28. The zero-order valence-electron chi connectivity index (χ0n) is 14.2. The molecule has 5 nitrogen and oxygen atoms in total. The van der Waals surface area contributed by atoms with Crippen LogP contribution in [0.25, 0.3) is 16.7 Å². The minimum absolute atomic E-state index is 0.0800. The number of imidazole rings is 1. The highest BCUT2D eigenvalue weighted by atomic mass is 16.2. The van der Waals surface area contributed by atoms with Crippen LogP contribution in [0.15, 0.2) is 73.1 Å². The molecule has 1 aliphatic rings. The fourth-order valence-electron chi connectivity index (χ4n) is 3.45. The summed E-state index contributed by atoms with van der Waals surface area (Å²) in [5, 5.41) is 0. The second kappa shape index (κ2) is 5.88. The van der Waals surface area contributed by atoms with Crippen molar-refractivity contribution >= 4 is 16.9 Å². The zero-order valence-corrected chi connectivity index (χ0v) is 14.2. The molecule has 2 aromatic carbocycles. The molecule has 0 bridgehead atoms. The minimum Gasteiger partial charge on any atom is -0.342 e. The Kier molecular flexibility index (Phi) is 3.38. The maximum absolute atomic E-state index is 12.7. The summed E-state index contributed by atoms with van der Waals surface area (Å²) < 4.78 is 2.02. The molecule has 1 N–H and O–H groups in total. The number of para-hydroxylation sites is 2. The van der Waals surface area contributed by atoms with Crippen molar-refractivity contribution in [2.75, 3.05) is 13.1 Å². The quantitative estimate of drug-likeness (QED) is 0.618. The van der Waals surface area contributed by atoms with Gasteiger partial charge in [0, 0.05) is 36.7 Å². The van der Waals surface area contributed by atoms with Gasteiger partial charge in [-0.2, -0.15) is 0 Å². The summed E-state index contributed by atoms with van der Waals surface area (Å²) in [7, 11) is 0. The molecular formula is C21H18N4O. The lowest BCUT2D eigenvalue weighted by Crippen LogP contribution is -2.48. The van der Waals surface area contributed by atoms with Gasteiger partial charge in [0.2, 0.25) is 0 Å². The first-order valence-electron chi connectivity index (χ1n) is 8.75. The number of aromatic amines is 1. The Hall–Kier alpha value is -3.34. The lowest BCUT2D eigenvalue weighted by Gasteiger charge is -2.38. The minimum atomic E-state index is 0.0800. The van der Waals surface area contributed by atoms with Crippen LogP contribution in [0.2, 0.25) is 0 Å². The number of amides is 1. The van der Waals surface area contributed by atoms with E-state index in [1.807, 2.05) is 82.5 Å². The molecule has 128 valence electrons. The topological polar surface area (TPSA) is 53.9 Å². The number of likely N-dealkylation sites (tertiary alicyclic amines) is 1. The van der Waals surface area contributed by atoms with Crippen LogP contribution >= 0.6 is 0 Å². The Labute approximate surface area is 150 Å². The van der Waals surface area contributed by atoms with Gasteiger partial charge in [0.15, 0.2) is 0 Å². The van der Waals surface area contributed by atoms with E-state index >= 15 is 0 Å². The summed E-state index contributed by atoms with van der Waals surface area (Å²) in [4.78, 5) is 22.6. The van der Waals surface area contributed by atoms with E-state index < -0.39 is 0 Å². The molecular weight excluding hydrogens is 324 g/mol. The van der Waals surface area contributed by atoms with Crippen molar-refractivity contribution < 1.29 is 4.79 Å². The van der Waals surface area contributed by atoms with E-state index in [0.29, 0.717) is 13.1 Å². The predicted octanol–water partition coefficient (Wildman–Crippen LogP) is 3.59. The van der Waals surface area contributed by atoms with Crippen LogP contribution in [-0.4, -0.2) is 38.4 Å². The summed E-state index contributed by atoms with van der Waals surface area (Å²) in [6.07, 6.45) is 3.98. The third-order valence-corrected chi connectivity index (χ3v) is 4.98.